The number of aliphatic imine (C=N–C) groups is 1. The smallest absolute Gasteiger partial charge is 0.228 e. The molecule has 1 aromatic heterocycles. The van der Waals surface area contributed by atoms with Crippen LogP contribution in [0.15, 0.2) is 39.8 Å². The fourth-order valence-corrected chi connectivity index (χ4v) is 2.58. The van der Waals surface area contributed by atoms with E-state index >= 15 is 0 Å². The highest BCUT2D eigenvalue weighted by Gasteiger charge is 2.08. The van der Waals surface area contributed by atoms with Crippen LogP contribution < -0.4 is 4.74 Å². The minimum atomic E-state index is 0.593. The van der Waals surface area contributed by atoms with Crippen LogP contribution in [0.4, 0.5) is 5.69 Å². The van der Waals surface area contributed by atoms with E-state index in [0.717, 1.165) is 28.8 Å². The van der Waals surface area contributed by atoms with E-state index in [2.05, 4.69) is 64.0 Å². The molecule has 5 heteroatoms. The minimum Gasteiger partial charge on any atom is -0.477 e. The van der Waals surface area contributed by atoms with E-state index in [-0.39, 0.29) is 0 Å². The Morgan fingerprint density at radius 3 is 2.79 bits per heavy atom. The van der Waals surface area contributed by atoms with Gasteiger partial charge < -0.3 is 9.64 Å². The molecule has 2 rings (SSSR count). The highest BCUT2D eigenvalue weighted by Crippen LogP contribution is 2.29. The molecule has 0 atom stereocenters. The third-order valence-electron chi connectivity index (χ3n) is 3.71. The maximum absolute atomic E-state index is 5.84. The summed E-state index contributed by atoms with van der Waals surface area (Å²) in [7, 11) is 1.99. The Labute approximate surface area is 152 Å². The Kier molecular flexibility index (Phi) is 6.79. The average Bonchev–Trinajstić information content (AvgIpc) is 2.56. The summed E-state index contributed by atoms with van der Waals surface area (Å²) in [4.78, 5) is 11.0. The standard InChI is InChI=1S/C19H24BrN3O/c1-5-23(4)13-21-18-12-17(20)19(22-15(18)3)24-10-9-16-8-6-7-14(2)11-16/h6-8,11-13H,5,9-10H2,1-4H3. The first kappa shape index (κ1) is 18.5. The van der Waals surface area contributed by atoms with Gasteiger partial charge in [-0.2, -0.15) is 0 Å². The predicted octanol–water partition coefficient (Wildman–Crippen LogP) is 4.69. The third-order valence-corrected chi connectivity index (χ3v) is 4.28. The molecule has 0 aliphatic heterocycles. The van der Waals surface area contributed by atoms with Crippen LogP contribution in [0.3, 0.4) is 0 Å². The van der Waals surface area contributed by atoms with E-state index in [1.165, 1.54) is 11.1 Å². The van der Waals surface area contributed by atoms with Crippen LogP contribution in [0.2, 0.25) is 0 Å². The fraction of sp³-hybridized carbons (Fsp3) is 0.368. The lowest BCUT2D eigenvalue weighted by Crippen LogP contribution is -2.14. The van der Waals surface area contributed by atoms with Crippen molar-refractivity contribution in [3.8, 4) is 5.88 Å². The van der Waals surface area contributed by atoms with Gasteiger partial charge in [0.05, 0.1) is 28.8 Å². The second-order valence-electron chi connectivity index (χ2n) is 5.79. The van der Waals surface area contributed by atoms with Crippen molar-refractivity contribution >= 4 is 28.0 Å². The molecular formula is C19H24BrN3O. The zero-order valence-electron chi connectivity index (χ0n) is 14.7. The molecule has 128 valence electrons. The van der Waals surface area contributed by atoms with E-state index in [0.29, 0.717) is 12.5 Å². The van der Waals surface area contributed by atoms with Gasteiger partial charge in [0.25, 0.3) is 0 Å². The normalized spacial score (nSPS) is 11.0. The predicted molar refractivity (Wildman–Crippen MR) is 104 cm³/mol. The molecule has 0 unspecified atom stereocenters. The average molecular weight is 390 g/mol. The van der Waals surface area contributed by atoms with Gasteiger partial charge in [0.15, 0.2) is 0 Å². The maximum atomic E-state index is 5.84. The number of aromatic nitrogens is 1. The van der Waals surface area contributed by atoms with Crippen LogP contribution in [-0.2, 0) is 6.42 Å². The van der Waals surface area contributed by atoms with Gasteiger partial charge in [-0.25, -0.2) is 9.98 Å². The van der Waals surface area contributed by atoms with Gasteiger partial charge in [0, 0.05) is 20.0 Å². The molecule has 0 bridgehead atoms. The molecular weight excluding hydrogens is 366 g/mol. The van der Waals surface area contributed by atoms with Crippen molar-refractivity contribution in [1.29, 1.82) is 0 Å². The highest BCUT2D eigenvalue weighted by atomic mass is 79.9. The first-order chi connectivity index (χ1) is 11.5. The number of aryl methyl sites for hydroxylation is 2. The van der Waals surface area contributed by atoms with Gasteiger partial charge in [-0.15, -0.1) is 0 Å². The van der Waals surface area contributed by atoms with E-state index in [1.807, 2.05) is 31.3 Å². The number of hydrogen-bond acceptors (Lipinski definition) is 3. The molecule has 0 aliphatic carbocycles. The number of ether oxygens (including phenoxy) is 1. The van der Waals surface area contributed by atoms with Gasteiger partial charge in [-0.1, -0.05) is 29.8 Å². The summed E-state index contributed by atoms with van der Waals surface area (Å²) >= 11 is 3.53. The summed E-state index contributed by atoms with van der Waals surface area (Å²) in [6, 6.07) is 10.4. The highest BCUT2D eigenvalue weighted by molar-refractivity contribution is 9.10. The number of nitrogens with zero attached hydrogens (tertiary/aromatic N) is 3. The van der Waals surface area contributed by atoms with Crippen LogP contribution in [0.1, 0.15) is 23.7 Å². The summed E-state index contributed by atoms with van der Waals surface area (Å²) in [6.07, 6.45) is 2.67. The third kappa shape index (κ3) is 5.34. The van der Waals surface area contributed by atoms with Crippen molar-refractivity contribution in [2.75, 3.05) is 20.2 Å². The molecule has 2 aromatic rings. The molecule has 1 heterocycles. The molecule has 0 fully saturated rings. The second kappa shape index (κ2) is 8.83. The molecule has 4 nitrogen and oxygen atoms in total. The molecule has 1 aromatic carbocycles. The van der Waals surface area contributed by atoms with Crippen LogP contribution in [-0.4, -0.2) is 36.4 Å². The van der Waals surface area contributed by atoms with Crippen molar-refractivity contribution in [2.45, 2.75) is 27.2 Å². The number of hydrogen-bond donors (Lipinski definition) is 0. The number of pyridine rings is 1. The van der Waals surface area contributed by atoms with Crippen molar-refractivity contribution in [2.24, 2.45) is 4.99 Å². The van der Waals surface area contributed by atoms with Crippen LogP contribution in [0.5, 0.6) is 5.88 Å². The summed E-state index contributed by atoms with van der Waals surface area (Å²) in [5.41, 5.74) is 4.23. The quantitative estimate of drug-likeness (QED) is 0.508. The van der Waals surface area contributed by atoms with Crippen molar-refractivity contribution < 1.29 is 4.74 Å². The molecule has 0 spiro atoms. The largest absolute Gasteiger partial charge is 0.477 e. The van der Waals surface area contributed by atoms with E-state index < -0.39 is 0 Å². The number of halogens is 1. The van der Waals surface area contributed by atoms with Gasteiger partial charge in [0.1, 0.15) is 0 Å². The lowest BCUT2D eigenvalue weighted by Gasteiger charge is -2.11. The summed E-state index contributed by atoms with van der Waals surface area (Å²) in [5, 5.41) is 0. The molecule has 0 radical (unpaired) electrons. The lowest BCUT2D eigenvalue weighted by atomic mass is 10.1. The Bertz CT molecular complexity index is 716. The molecule has 0 saturated heterocycles. The molecule has 24 heavy (non-hydrogen) atoms. The van der Waals surface area contributed by atoms with Crippen LogP contribution >= 0.6 is 15.9 Å². The van der Waals surface area contributed by atoms with Crippen molar-refractivity contribution in [3.63, 3.8) is 0 Å². The van der Waals surface area contributed by atoms with Crippen LogP contribution in [0.25, 0.3) is 0 Å². The Hall–Kier alpha value is -1.88. The van der Waals surface area contributed by atoms with E-state index in [9.17, 15) is 0 Å². The van der Waals surface area contributed by atoms with Crippen molar-refractivity contribution in [3.05, 3.63) is 51.6 Å². The zero-order chi connectivity index (χ0) is 17.5. The van der Waals surface area contributed by atoms with Gasteiger partial charge >= 0.3 is 0 Å². The summed E-state index contributed by atoms with van der Waals surface area (Å²) in [5.74, 6) is 0.614. The Morgan fingerprint density at radius 1 is 1.29 bits per heavy atom. The topological polar surface area (TPSA) is 37.7 Å². The SMILES string of the molecule is CCN(C)C=Nc1cc(Br)c(OCCc2cccc(C)c2)nc1C. The van der Waals surface area contributed by atoms with Gasteiger partial charge in [-0.3, -0.25) is 0 Å². The lowest BCUT2D eigenvalue weighted by molar-refractivity contribution is 0.307. The molecule has 0 N–H and O–H groups in total. The molecule has 0 amide bonds. The Morgan fingerprint density at radius 2 is 2.08 bits per heavy atom. The molecule has 0 aliphatic rings. The van der Waals surface area contributed by atoms with Gasteiger partial charge in [0.2, 0.25) is 5.88 Å². The van der Waals surface area contributed by atoms with Crippen LogP contribution in [0, 0.1) is 13.8 Å². The monoisotopic (exact) mass is 389 g/mol. The van der Waals surface area contributed by atoms with Crippen molar-refractivity contribution in [1.82, 2.24) is 9.88 Å². The van der Waals surface area contributed by atoms with E-state index in [1.54, 1.807) is 0 Å². The van der Waals surface area contributed by atoms with Gasteiger partial charge in [-0.05, 0) is 48.3 Å². The second-order valence-corrected chi connectivity index (χ2v) is 6.64. The summed E-state index contributed by atoms with van der Waals surface area (Å²) in [6.45, 7) is 7.63. The zero-order valence-corrected chi connectivity index (χ0v) is 16.3. The number of rotatable bonds is 7. The summed E-state index contributed by atoms with van der Waals surface area (Å²) < 4.78 is 6.67. The first-order valence-electron chi connectivity index (χ1n) is 8.09. The fourth-order valence-electron chi connectivity index (χ4n) is 2.16. The minimum absolute atomic E-state index is 0.593. The first-order valence-corrected chi connectivity index (χ1v) is 8.88. The maximum Gasteiger partial charge on any atom is 0.228 e. The van der Waals surface area contributed by atoms with E-state index in [4.69, 9.17) is 4.74 Å². The Balaban J connectivity index is 2.01. The number of benzene rings is 1. The molecule has 0 saturated carbocycles.